The molecule has 0 bridgehead atoms. The zero-order valence-corrected chi connectivity index (χ0v) is 12.9. The first kappa shape index (κ1) is 17.0. The fourth-order valence-corrected chi connectivity index (χ4v) is 3.14. The minimum absolute atomic E-state index is 0.0355. The zero-order chi connectivity index (χ0) is 15.0. The summed E-state index contributed by atoms with van der Waals surface area (Å²) in [6.07, 6.45) is 8.51. The first-order chi connectivity index (χ1) is 9.60. The molecule has 0 heterocycles. The highest BCUT2D eigenvalue weighted by atomic mass is 16.4. The van der Waals surface area contributed by atoms with Gasteiger partial charge in [-0.2, -0.15) is 0 Å². The van der Waals surface area contributed by atoms with Crippen molar-refractivity contribution in [3.63, 3.8) is 0 Å². The number of carbonyl (C=O) groups is 2. The van der Waals surface area contributed by atoms with Crippen molar-refractivity contribution in [2.45, 2.75) is 77.7 Å². The second-order valence-electron chi connectivity index (χ2n) is 5.97. The van der Waals surface area contributed by atoms with E-state index in [0.29, 0.717) is 6.42 Å². The lowest BCUT2D eigenvalue weighted by Gasteiger charge is -2.29. The Bertz CT molecular complexity index is 317. The molecule has 1 fully saturated rings. The molecule has 4 heteroatoms. The lowest BCUT2D eigenvalue weighted by Crippen LogP contribution is -2.44. The van der Waals surface area contributed by atoms with Crippen LogP contribution in [-0.2, 0) is 9.59 Å². The van der Waals surface area contributed by atoms with Gasteiger partial charge in [0.2, 0.25) is 5.91 Å². The Kier molecular flexibility index (Phi) is 7.63. The van der Waals surface area contributed by atoms with E-state index in [4.69, 9.17) is 0 Å². The topological polar surface area (TPSA) is 66.4 Å². The standard InChI is InChI=1S/C16H29NO3/c1-3-5-9-12(8-4-2)17-15(18)13-10-6-7-11-14(13)16(19)20/h12-14H,3-11H2,1-2H3,(H,17,18)(H,19,20)/t12?,13-,14+/m1/s1. The molecule has 1 rings (SSSR count). The van der Waals surface area contributed by atoms with Crippen molar-refractivity contribution < 1.29 is 14.7 Å². The zero-order valence-electron chi connectivity index (χ0n) is 12.9. The molecule has 2 N–H and O–H groups in total. The smallest absolute Gasteiger partial charge is 0.307 e. The van der Waals surface area contributed by atoms with Gasteiger partial charge in [0.1, 0.15) is 0 Å². The molecule has 0 aromatic rings. The van der Waals surface area contributed by atoms with Gasteiger partial charge in [-0.25, -0.2) is 0 Å². The van der Waals surface area contributed by atoms with Gasteiger partial charge in [0.05, 0.1) is 11.8 Å². The molecule has 0 radical (unpaired) electrons. The van der Waals surface area contributed by atoms with Gasteiger partial charge in [-0.05, 0) is 25.7 Å². The fourth-order valence-electron chi connectivity index (χ4n) is 3.14. The van der Waals surface area contributed by atoms with Crippen molar-refractivity contribution >= 4 is 11.9 Å². The van der Waals surface area contributed by atoms with Gasteiger partial charge < -0.3 is 10.4 Å². The molecule has 0 spiro atoms. The SMILES string of the molecule is CCCCC(CCC)NC(=O)[C@@H]1CCCC[C@@H]1C(=O)O. The van der Waals surface area contributed by atoms with Gasteiger partial charge >= 0.3 is 5.97 Å². The molecule has 0 saturated heterocycles. The summed E-state index contributed by atoms with van der Waals surface area (Å²) < 4.78 is 0. The summed E-state index contributed by atoms with van der Waals surface area (Å²) in [7, 11) is 0. The van der Waals surface area contributed by atoms with Crippen LogP contribution in [0.4, 0.5) is 0 Å². The van der Waals surface area contributed by atoms with Crippen LogP contribution < -0.4 is 5.32 Å². The van der Waals surface area contributed by atoms with Crippen LogP contribution in [0.5, 0.6) is 0 Å². The van der Waals surface area contributed by atoms with E-state index in [1.165, 1.54) is 0 Å². The van der Waals surface area contributed by atoms with Crippen LogP contribution in [-0.4, -0.2) is 23.0 Å². The highest BCUT2D eigenvalue weighted by Gasteiger charge is 2.36. The Hall–Kier alpha value is -1.06. The summed E-state index contributed by atoms with van der Waals surface area (Å²) >= 11 is 0. The van der Waals surface area contributed by atoms with Gasteiger partial charge in [0.15, 0.2) is 0 Å². The van der Waals surface area contributed by atoms with Crippen LogP contribution in [0.1, 0.15) is 71.6 Å². The lowest BCUT2D eigenvalue weighted by molar-refractivity contribution is -0.149. The summed E-state index contributed by atoms with van der Waals surface area (Å²) in [5.41, 5.74) is 0. The van der Waals surface area contributed by atoms with Crippen molar-refractivity contribution in [3.8, 4) is 0 Å². The second kappa shape index (κ2) is 8.98. The second-order valence-corrected chi connectivity index (χ2v) is 5.97. The maximum atomic E-state index is 12.4. The highest BCUT2D eigenvalue weighted by molar-refractivity contribution is 5.85. The average molecular weight is 283 g/mol. The Morgan fingerprint density at radius 1 is 1.10 bits per heavy atom. The predicted octanol–water partition coefficient (Wildman–Crippen LogP) is 3.35. The first-order valence-electron chi connectivity index (χ1n) is 8.13. The molecule has 20 heavy (non-hydrogen) atoms. The number of amides is 1. The quantitative estimate of drug-likeness (QED) is 0.718. The molecule has 1 aliphatic rings. The molecule has 1 saturated carbocycles. The Balaban J connectivity index is 2.58. The van der Waals surface area contributed by atoms with Gasteiger partial charge in [-0.15, -0.1) is 0 Å². The van der Waals surface area contributed by atoms with E-state index < -0.39 is 11.9 Å². The third-order valence-electron chi connectivity index (χ3n) is 4.31. The number of carboxylic acid groups (broad SMARTS) is 1. The summed E-state index contributed by atoms with van der Waals surface area (Å²) in [6.45, 7) is 4.26. The van der Waals surface area contributed by atoms with E-state index in [2.05, 4.69) is 19.2 Å². The number of hydrogen-bond acceptors (Lipinski definition) is 2. The van der Waals surface area contributed by atoms with Crippen molar-refractivity contribution in [1.82, 2.24) is 5.32 Å². The summed E-state index contributed by atoms with van der Waals surface area (Å²) in [6, 6.07) is 0.212. The number of carboxylic acids is 1. The summed E-state index contributed by atoms with van der Waals surface area (Å²) in [5.74, 6) is -1.67. The van der Waals surface area contributed by atoms with E-state index in [9.17, 15) is 14.7 Å². The molecule has 1 unspecified atom stereocenters. The summed E-state index contributed by atoms with van der Waals surface area (Å²) in [5, 5.41) is 12.4. The number of carbonyl (C=O) groups excluding carboxylic acids is 1. The van der Waals surface area contributed by atoms with E-state index in [1.807, 2.05) is 0 Å². The number of rotatable bonds is 8. The van der Waals surface area contributed by atoms with E-state index >= 15 is 0 Å². The highest BCUT2D eigenvalue weighted by Crippen LogP contribution is 2.30. The van der Waals surface area contributed by atoms with E-state index in [1.54, 1.807) is 0 Å². The Labute approximate surface area is 122 Å². The van der Waals surface area contributed by atoms with Crippen LogP contribution in [0.15, 0.2) is 0 Å². The van der Waals surface area contributed by atoms with Gasteiger partial charge in [0.25, 0.3) is 0 Å². The molecule has 0 aliphatic heterocycles. The molecular weight excluding hydrogens is 254 g/mol. The molecule has 1 amide bonds. The Morgan fingerprint density at radius 2 is 1.75 bits per heavy atom. The number of hydrogen-bond donors (Lipinski definition) is 2. The lowest BCUT2D eigenvalue weighted by atomic mass is 9.78. The number of aliphatic carboxylic acids is 1. The van der Waals surface area contributed by atoms with Gasteiger partial charge in [-0.3, -0.25) is 9.59 Å². The normalized spacial score (nSPS) is 24.1. The average Bonchev–Trinajstić information content (AvgIpc) is 2.44. The van der Waals surface area contributed by atoms with Crippen LogP contribution in [0, 0.1) is 11.8 Å². The van der Waals surface area contributed by atoms with Crippen molar-refractivity contribution in [2.24, 2.45) is 11.8 Å². The largest absolute Gasteiger partial charge is 0.481 e. The monoisotopic (exact) mass is 283 g/mol. The Morgan fingerprint density at radius 3 is 2.30 bits per heavy atom. The third-order valence-corrected chi connectivity index (χ3v) is 4.31. The summed E-state index contributed by atoms with van der Waals surface area (Å²) in [4.78, 5) is 23.7. The van der Waals surface area contributed by atoms with Crippen LogP contribution in [0.25, 0.3) is 0 Å². The number of nitrogens with one attached hydrogen (secondary N) is 1. The fraction of sp³-hybridized carbons (Fsp3) is 0.875. The molecule has 3 atom stereocenters. The maximum Gasteiger partial charge on any atom is 0.307 e. The molecule has 1 aliphatic carbocycles. The van der Waals surface area contributed by atoms with Crippen LogP contribution in [0.3, 0.4) is 0 Å². The molecule has 116 valence electrons. The molecule has 4 nitrogen and oxygen atoms in total. The van der Waals surface area contributed by atoms with Crippen molar-refractivity contribution in [1.29, 1.82) is 0 Å². The first-order valence-corrected chi connectivity index (χ1v) is 8.13. The third kappa shape index (κ3) is 5.14. The van der Waals surface area contributed by atoms with Gasteiger partial charge in [0, 0.05) is 6.04 Å². The van der Waals surface area contributed by atoms with Crippen molar-refractivity contribution in [3.05, 3.63) is 0 Å². The van der Waals surface area contributed by atoms with Crippen LogP contribution >= 0.6 is 0 Å². The maximum absolute atomic E-state index is 12.4. The van der Waals surface area contributed by atoms with E-state index in [0.717, 1.165) is 51.4 Å². The minimum Gasteiger partial charge on any atom is -0.481 e. The number of unbranched alkanes of at least 4 members (excludes halogenated alkanes) is 1. The van der Waals surface area contributed by atoms with Crippen LogP contribution in [0.2, 0.25) is 0 Å². The predicted molar refractivity (Wildman–Crippen MR) is 79.4 cm³/mol. The minimum atomic E-state index is -0.814. The molecule has 0 aromatic heterocycles. The molecular formula is C16H29NO3. The van der Waals surface area contributed by atoms with Gasteiger partial charge in [-0.1, -0.05) is 46.0 Å². The molecule has 0 aromatic carbocycles. The van der Waals surface area contributed by atoms with E-state index in [-0.39, 0.29) is 17.9 Å². The van der Waals surface area contributed by atoms with Crippen molar-refractivity contribution in [2.75, 3.05) is 0 Å².